The first-order valence-corrected chi connectivity index (χ1v) is 9.82. The van der Waals surface area contributed by atoms with Gasteiger partial charge in [-0.3, -0.25) is 0 Å². The van der Waals surface area contributed by atoms with E-state index in [0.29, 0.717) is 25.0 Å². The summed E-state index contributed by atoms with van der Waals surface area (Å²) in [4.78, 5) is 0. The lowest BCUT2D eigenvalue weighted by Crippen LogP contribution is -2.52. The van der Waals surface area contributed by atoms with Crippen LogP contribution < -0.4 is 5.32 Å². The highest BCUT2D eigenvalue weighted by molar-refractivity contribution is 7.89. The Bertz CT molecular complexity index is 391. The van der Waals surface area contributed by atoms with Crippen molar-refractivity contribution in [2.45, 2.75) is 70.1 Å². The molecule has 1 aliphatic carbocycles. The second-order valence-electron chi connectivity index (χ2n) is 6.28. The van der Waals surface area contributed by atoms with Gasteiger partial charge in [0.15, 0.2) is 0 Å². The predicted octanol–water partition coefficient (Wildman–Crippen LogP) is 2.36. The van der Waals surface area contributed by atoms with Crippen LogP contribution in [-0.2, 0) is 10.0 Å². The van der Waals surface area contributed by atoms with Crippen molar-refractivity contribution in [3.63, 3.8) is 0 Å². The van der Waals surface area contributed by atoms with Gasteiger partial charge in [0.1, 0.15) is 0 Å². The fourth-order valence-electron chi connectivity index (χ4n) is 3.75. The number of nitrogens with zero attached hydrogens (tertiary/aromatic N) is 1. The van der Waals surface area contributed by atoms with E-state index in [1.165, 1.54) is 6.42 Å². The number of piperidine rings is 1. The molecule has 20 heavy (non-hydrogen) atoms. The Kier molecular flexibility index (Phi) is 5.87. The molecular formula is C15H30N2O2S. The molecule has 1 N–H and O–H groups in total. The number of nitrogens with one attached hydrogen (secondary N) is 1. The zero-order valence-corrected chi connectivity index (χ0v) is 13.8. The van der Waals surface area contributed by atoms with Gasteiger partial charge < -0.3 is 5.32 Å². The van der Waals surface area contributed by atoms with Gasteiger partial charge in [-0.05, 0) is 31.7 Å². The minimum absolute atomic E-state index is 0.107. The molecule has 1 saturated carbocycles. The van der Waals surface area contributed by atoms with Gasteiger partial charge in [0.25, 0.3) is 0 Å². The quantitative estimate of drug-likeness (QED) is 0.848. The monoisotopic (exact) mass is 302 g/mol. The summed E-state index contributed by atoms with van der Waals surface area (Å²) in [6, 6.07) is 0.489. The second-order valence-corrected chi connectivity index (χ2v) is 8.50. The Morgan fingerprint density at radius 2 is 1.80 bits per heavy atom. The molecule has 5 heteroatoms. The van der Waals surface area contributed by atoms with Gasteiger partial charge >= 0.3 is 0 Å². The number of hydrogen-bond acceptors (Lipinski definition) is 3. The van der Waals surface area contributed by atoms with Crippen molar-refractivity contribution < 1.29 is 8.42 Å². The molecule has 2 aliphatic rings. The molecule has 0 aromatic carbocycles. The van der Waals surface area contributed by atoms with Crippen molar-refractivity contribution in [1.82, 2.24) is 9.62 Å². The Morgan fingerprint density at radius 3 is 2.40 bits per heavy atom. The molecule has 0 bridgehead atoms. The normalized spacial score (nSPS) is 30.5. The minimum Gasteiger partial charge on any atom is -0.314 e. The van der Waals surface area contributed by atoms with E-state index in [-0.39, 0.29) is 5.25 Å². The van der Waals surface area contributed by atoms with Crippen molar-refractivity contribution in [2.24, 2.45) is 5.92 Å². The van der Waals surface area contributed by atoms with Gasteiger partial charge in [-0.2, -0.15) is 0 Å². The van der Waals surface area contributed by atoms with Gasteiger partial charge in [0.2, 0.25) is 10.0 Å². The van der Waals surface area contributed by atoms with Crippen molar-refractivity contribution in [1.29, 1.82) is 0 Å². The Morgan fingerprint density at radius 1 is 1.10 bits per heavy atom. The Hall–Kier alpha value is -0.130. The molecular weight excluding hydrogens is 272 g/mol. The van der Waals surface area contributed by atoms with E-state index in [4.69, 9.17) is 0 Å². The lowest BCUT2D eigenvalue weighted by Gasteiger charge is -2.39. The van der Waals surface area contributed by atoms with E-state index >= 15 is 0 Å². The zero-order chi connectivity index (χ0) is 14.6. The average molecular weight is 302 g/mol. The van der Waals surface area contributed by atoms with Crippen LogP contribution in [0, 0.1) is 5.92 Å². The van der Waals surface area contributed by atoms with Crippen molar-refractivity contribution >= 4 is 10.0 Å². The van der Waals surface area contributed by atoms with Crippen LogP contribution in [0.5, 0.6) is 0 Å². The molecule has 2 atom stereocenters. The van der Waals surface area contributed by atoms with Crippen LogP contribution in [0.25, 0.3) is 0 Å². The van der Waals surface area contributed by atoms with E-state index in [1.807, 2.05) is 0 Å². The molecule has 1 saturated heterocycles. The zero-order valence-electron chi connectivity index (χ0n) is 13.0. The van der Waals surface area contributed by atoms with Crippen molar-refractivity contribution in [2.75, 3.05) is 19.6 Å². The number of hydrogen-bond donors (Lipinski definition) is 1. The minimum atomic E-state index is -3.06. The maximum absolute atomic E-state index is 12.8. The van der Waals surface area contributed by atoms with Crippen LogP contribution in [0.4, 0.5) is 0 Å². The first-order valence-electron chi connectivity index (χ1n) is 8.32. The summed E-state index contributed by atoms with van der Waals surface area (Å²) in [5.41, 5.74) is 0. The van der Waals surface area contributed by atoms with Crippen LogP contribution in [0.2, 0.25) is 0 Å². The highest BCUT2D eigenvalue weighted by Crippen LogP contribution is 2.29. The molecule has 0 spiro atoms. The summed E-state index contributed by atoms with van der Waals surface area (Å²) >= 11 is 0. The summed E-state index contributed by atoms with van der Waals surface area (Å²) < 4.78 is 27.3. The predicted molar refractivity (Wildman–Crippen MR) is 83.2 cm³/mol. The number of rotatable bonds is 5. The molecule has 1 heterocycles. The summed E-state index contributed by atoms with van der Waals surface area (Å²) in [5.74, 6) is 0.460. The lowest BCUT2D eigenvalue weighted by molar-refractivity contribution is 0.201. The third kappa shape index (κ3) is 3.55. The highest BCUT2D eigenvalue weighted by Gasteiger charge is 2.38. The van der Waals surface area contributed by atoms with E-state index in [9.17, 15) is 8.42 Å². The smallest absolute Gasteiger partial charge is 0.216 e. The molecule has 0 aromatic rings. The van der Waals surface area contributed by atoms with Gasteiger partial charge in [0.05, 0.1) is 5.25 Å². The summed E-state index contributed by atoms with van der Waals surface area (Å²) in [5, 5.41) is 3.41. The van der Waals surface area contributed by atoms with Crippen LogP contribution >= 0.6 is 0 Å². The van der Waals surface area contributed by atoms with Crippen LogP contribution in [-0.4, -0.2) is 43.6 Å². The maximum atomic E-state index is 12.8. The van der Waals surface area contributed by atoms with Crippen molar-refractivity contribution in [3.05, 3.63) is 0 Å². The summed E-state index contributed by atoms with van der Waals surface area (Å²) in [7, 11) is -3.06. The van der Waals surface area contributed by atoms with Crippen LogP contribution in [0.3, 0.4) is 0 Å². The largest absolute Gasteiger partial charge is 0.314 e. The average Bonchev–Trinajstić information content (AvgIpc) is 2.48. The summed E-state index contributed by atoms with van der Waals surface area (Å²) in [6.45, 7) is 6.68. The SMILES string of the molecule is CCNC1CCN(S(=O)(=O)C2CCCCC2)CC1CC. The topological polar surface area (TPSA) is 49.4 Å². The second kappa shape index (κ2) is 7.23. The standard InChI is InChI=1S/C15H30N2O2S/c1-3-13-12-17(11-10-15(13)16-4-2)20(18,19)14-8-6-5-7-9-14/h13-16H,3-12H2,1-2H3. The van der Waals surface area contributed by atoms with E-state index in [0.717, 1.165) is 45.1 Å². The molecule has 2 unspecified atom stereocenters. The maximum Gasteiger partial charge on any atom is 0.216 e. The molecule has 2 rings (SSSR count). The van der Waals surface area contributed by atoms with Gasteiger partial charge in [-0.25, -0.2) is 12.7 Å². The molecule has 1 aliphatic heterocycles. The van der Waals surface area contributed by atoms with Crippen molar-refractivity contribution in [3.8, 4) is 0 Å². The molecule has 0 radical (unpaired) electrons. The highest BCUT2D eigenvalue weighted by atomic mass is 32.2. The molecule has 118 valence electrons. The fraction of sp³-hybridized carbons (Fsp3) is 1.00. The fourth-order valence-corrected chi connectivity index (χ4v) is 5.86. The van der Waals surface area contributed by atoms with Crippen LogP contribution in [0.15, 0.2) is 0 Å². The first kappa shape index (κ1) is 16.2. The van der Waals surface area contributed by atoms with Gasteiger partial charge in [0, 0.05) is 19.1 Å². The first-order chi connectivity index (χ1) is 9.59. The van der Waals surface area contributed by atoms with Gasteiger partial charge in [-0.15, -0.1) is 0 Å². The molecule has 2 fully saturated rings. The van der Waals surface area contributed by atoms with Crippen LogP contribution in [0.1, 0.15) is 58.8 Å². The van der Waals surface area contributed by atoms with E-state index in [2.05, 4.69) is 19.2 Å². The lowest BCUT2D eigenvalue weighted by atomic mass is 9.91. The molecule has 4 nitrogen and oxygen atoms in total. The Balaban J connectivity index is 2.02. The molecule has 0 amide bonds. The number of sulfonamides is 1. The van der Waals surface area contributed by atoms with Gasteiger partial charge in [-0.1, -0.05) is 39.5 Å². The third-order valence-electron chi connectivity index (χ3n) is 5.02. The van der Waals surface area contributed by atoms with E-state index in [1.54, 1.807) is 4.31 Å². The summed E-state index contributed by atoms with van der Waals surface area (Å²) in [6.07, 6.45) is 7.10. The third-order valence-corrected chi connectivity index (χ3v) is 7.39. The molecule has 0 aromatic heterocycles. The van der Waals surface area contributed by atoms with E-state index < -0.39 is 10.0 Å². The Labute approximate surface area is 124 Å².